The zero-order chi connectivity index (χ0) is 18.1. The molecule has 4 nitrogen and oxygen atoms in total. The number of phenolic OH excluding ortho intramolecular Hbond substituents is 1. The number of rotatable bonds is 5. The quantitative estimate of drug-likeness (QED) is 0.684. The molecule has 3 rings (SSSR count). The molecule has 3 aromatic rings. The number of nitrogens with zero attached hydrogens (tertiary/aromatic N) is 3. The summed E-state index contributed by atoms with van der Waals surface area (Å²) in [5.41, 5.74) is 4.23. The number of hydrogen-bond acceptors (Lipinski definition) is 3. The van der Waals surface area contributed by atoms with Crippen molar-refractivity contribution in [3.63, 3.8) is 0 Å². The average Bonchev–Trinajstić information content (AvgIpc) is 2.92. The Labute approximate surface area is 153 Å². The van der Waals surface area contributed by atoms with Crippen LogP contribution in [0, 0.1) is 11.8 Å². The Morgan fingerprint density at radius 3 is 2.32 bits per heavy atom. The van der Waals surface area contributed by atoms with E-state index in [9.17, 15) is 5.11 Å². The van der Waals surface area contributed by atoms with Crippen LogP contribution in [0.4, 0.5) is 0 Å². The Hall–Kier alpha value is -2.07. The van der Waals surface area contributed by atoms with Crippen LogP contribution in [0.25, 0.3) is 16.7 Å². The SMILES string of the molecule is CC(C)Cc1cc(CC(C)C)c(O)c(-n2nc3ccc(Cl)cc3n2)c1. The van der Waals surface area contributed by atoms with Gasteiger partial charge >= 0.3 is 0 Å². The summed E-state index contributed by atoms with van der Waals surface area (Å²) in [5.74, 6) is 1.25. The highest BCUT2D eigenvalue weighted by atomic mass is 35.5. The van der Waals surface area contributed by atoms with E-state index >= 15 is 0 Å². The molecule has 0 atom stereocenters. The van der Waals surface area contributed by atoms with Crippen LogP contribution >= 0.6 is 11.6 Å². The second-order valence-electron chi connectivity index (χ2n) is 7.44. The summed E-state index contributed by atoms with van der Waals surface area (Å²) in [7, 11) is 0. The molecular weight excluding hydrogens is 334 g/mol. The maximum atomic E-state index is 10.8. The number of hydrogen-bond donors (Lipinski definition) is 1. The van der Waals surface area contributed by atoms with Crippen molar-refractivity contribution in [3.8, 4) is 11.4 Å². The summed E-state index contributed by atoms with van der Waals surface area (Å²) < 4.78 is 0. The largest absolute Gasteiger partial charge is 0.505 e. The Morgan fingerprint density at radius 1 is 0.960 bits per heavy atom. The van der Waals surface area contributed by atoms with Gasteiger partial charge in [0.25, 0.3) is 0 Å². The molecule has 0 radical (unpaired) electrons. The molecule has 5 heteroatoms. The number of phenols is 1. The van der Waals surface area contributed by atoms with Gasteiger partial charge in [0.2, 0.25) is 0 Å². The molecule has 0 unspecified atom stereocenters. The lowest BCUT2D eigenvalue weighted by atomic mass is 9.95. The molecule has 0 aliphatic heterocycles. The molecule has 0 saturated carbocycles. The molecule has 25 heavy (non-hydrogen) atoms. The van der Waals surface area contributed by atoms with E-state index < -0.39 is 0 Å². The van der Waals surface area contributed by atoms with E-state index in [-0.39, 0.29) is 5.75 Å². The predicted octanol–water partition coefficient (Wildman–Crippen LogP) is 5.18. The normalized spacial score (nSPS) is 11.8. The summed E-state index contributed by atoms with van der Waals surface area (Å²) >= 11 is 6.04. The molecule has 0 aliphatic carbocycles. The fourth-order valence-corrected chi connectivity index (χ4v) is 3.24. The first-order valence-corrected chi connectivity index (χ1v) is 9.09. The highest BCUT2D eigenvalue weighted by Crippen LogP contribution is 2.31. The first-order valence-electron chi connectivity index (χ1n) is 8.71. The van der Waals surface area contributed by atoms with Crippen molar-refractivity contribution in [2.75, 3.05) is 0 Å². The lowest BCUT2D eigenvalue weighted by Gasteiger charge is -2.15. The van der Waals surface area contributed by atoms with E-state index in [2.05, 4.69) is 44.0 Å². The van der Waals surface area contributed by atoms with E-state index in [1.807, 2.05) is 12.1 Å². The van der Waals surface area contributed by atoms with Gasteiger partial charge in [0, 0.05) is 5.02 Å². The minimum atomic E-state index is 0.257. The summed E-state index contributed by atoms with van der Waals surface area (Å²) in [6.07, 6.45) is 1.77. The van der Waals surface area contributed by atoms with Gasteiger partial charge in [0.1, 0.15) is 22.5 Å². The van der Waals surface area contributed by atoms with Crippen LogP contribution < -0.4 is 0 Å². The van der Waals surface area contributed by atoms with Crippen molar-refractivity contribution < 1.29 is 5.11 Å². The summed E-state index contributed by atoms with van der Waals surface area (Å²) in [6.45, 7) is 8.68. The Morgan fingerprint density at radius 2 is 1.64 bits per heavy atom. The predicted molar refractivity (Wildman–Crippen MR) is 103 cm³/mol. The fraction of sp³-hybridized carbons (Fsp3) is 0.400. The van der Waals surface area contributed by atoms with Gasteiger partial charge in [0.15, 0.2) is 0 Å². The molecule has 0 amide bonds. The molecule has 1 aromatic heterocycles. The first kappa shape index (κ1) is 17.7. The highest BCUT2D eigenvalue weighted by molar-refractivity contribution is 6.31. The Kier molecular flexibility index (Phi) is 5.00. The Bertz CT molecular complexity index is 899. The van der Waals surface area contributed by atoms with Crippen molar-refractivity contribution in [1.82, 2.24) is 15.0 Å². The standard InChI is InChI=1S/C20H24ClN3O/c1-12(2)7-14-9-15(8-13(3)4)20(25)19(10-14)24-22-17-6-5-16(21)11-18(17)23-24/h5-6,9-13,25H,7-8H2,1-4H3. The number of fused-ring (bicyclic) bond motifs is 1. The molecule has 0 bridgehead atoms. The van der Waals surface area contributed by atoms with E-state index in [0.29, 0.717) is 28.1 Å². The van der Waals surface area contributed by atoms with E-state index in [0.717, 1.165) is 23.9 Å². The highest BCUT2D eigenvalue weighted by Gasteiger charge is 2.16. The average molecular weight is 358 g/mol. The molecule has 132 valence electrons. The van der Waals surface area contributed by atoms with Crippen molar-refractivity contribution in [3.05, 3.63) is 46.5 Å². The smallest absolute Gasteiger partial charge is 0.146 e. The van der Waals surface area contributed by atoms with Crippen molar-refractivity contribution in [2.24, 2.45) is 11.8 Å². The minimum absolute atomic E-state index is 0.257. The van der Waals surface area contributed by atoms with Gasteiger partial charge in [-0.3, -0.25) is 0 Å². The van der Waals surface area contributed by atoms with Gasteiger partial charge in [-0.1, -0.05) is 45.4 Å². The molecule has 0 spiro atoms. The van der Waals surface area contributed by atoms with Crippen LogP contribution in [0.15, 0.2) is 30.3 Å². The third-order valence-electron chi connectivity index (χ3n) is 4.06. The van der Waals surface area contributed by atoms with E-state index in [1.165, 1.54) is 10.4 Å². The fourth-order valence-electron chi connectivity index (χ4n) is 3.07. The first-order chi connectivity index (χ1) is 11.8. The maximum absolute atomic E-state index is 10.8. The number of benzene rings is 2. The lowest BCUT2D eigenvalue weighted by Crippen LogP contribution is -2.05. The molecule has 0 fully saturated rings. The van der Waals surface area contributed by atoms with Gasteiger partial charge in [0.05, 0.1) is 0 Å². The van der Waals surface area contributed by atoms with Crippen molar-refractivity contribution in [2.45, 2.75) is 40.5 Å². The van der Waals surface area contributed by atoms with Gasteiger partial charge in [-0.05, 0) is 60.1 Å². The van der Waals surface area contributed by atoms with Gasteiger partial charge in [-0.25, -0.2) is 0 Å². The molecule has 0 aliphatic rings. The zero-order valence-corrected chi connectivity index (χ0v) is 15.9. The van der Waals surface area contributed by atoms with Crippen LogP contribution in [0.1, 0.15) is 38.8 Å². The van der Waals surface area contributed by atoms with Gasteiger partial charge in [-0.15, -0.1) is 15.0 Å². The number of aromatic nitrogens is 3. The molecule has 1 heterocycles. The second-order valence-corrected chi connectivity index (χ2v) is 7.88. The molecule has 2 aromatic carbocycles. The van der Waals surface area contributed by atoms with Crippen molar-refractivity contribution >= 4 is 22.6 Å². The van der Waals surface area contributed by atoms with Crippen LogP contribution in [0.2, 0.25) is 5.02 Å². The summed E-state index contributed by atoms with van der Waals surface area (Å²) in [4.78, 5) is 1.52. The van der Waals surface area contributed by atoms with Crippen LogP contribution in [-0.4, -0.2) is 20.1 Å². The molecular formula is C20H24ClN3O. The van der Waals surface area contributed by atoms with Gasteiger partial charge < -0.3 is 5.11 Å². The van der Waals surface area contributed by atoms with E-state index in [4.69, 9.17) is 11.6 Å². The molecule has 1 N–H and O–H groups in total. The summed E-state index contributed by atoms with van der Waals surface area (Å²) in [5, 5.41) is 20.4. The number of aromatic hydroxyl groups is 1. The third-order valence-corrected chi connectivity index (χ3v) is 4.29. The lowest BCUT2D eigenvalue weighted by molar-refractivity contribution is 0.454. The van der Waals surface area contributed by atoms with Crippen LogP contribution in [-0.2, 0) is 12.8 Å². The zero-order valence-electron chi connectivity index (χ0n) is 15.1. The maximum Gasteiger partial charge on any atom is 0.146 e. The Balaban J connectivity index is 2.14. The topological polar surface area (TPSA) is 50.9 Å². The number of halogens is 1. The van der Waals surface area contributed by atoms with Crippen LogP contribution in [0.5, 0.6) is 5.75 Å². The van der Waals surface area contributed by atoms with Crippen LogP contribution in [0.3, 0.4) is 0 Å². The van der Waals surface area contributed by atoms with E-state index in [1.54, 1.807) is 12.1 Å². The third kappa shape index (κ3) is 3.96. The monoisotopic (exact) mass is 357 g/mol. The molecule has 0 saturated heterocycles. The second kappa shape index (κ2) is 7.04. The minimum Gasteiger partial charge on any atom is -0.505 e. The van der Waals surface area contributed by atoms with Crippen molar-refractivity contribution in [1.29, 1.82) is 0 Å². The summed E-state index contributed by atoms with van der Waals surface area (Å²) in [6, 6.07) is 9.51. The van der Waals surface area contributed by atoms with Gasteiger partial charge in [-0.2, -0.15) is 0 Å².